The van der Waals surface area contributed by atoms with Gasteiger partial charge in [0.15, 0.2) is 0 Å². The molecule has 26 heavy (non-hydrogen) atoms. The maximum absolute atomic E-state index is 6.08. The summed E-state index contributed by atoms with van der Waals surface area (Å²) in [7, 11) is 0. The maximum atomic E-state index is 6.08. The number of anilines is 1. The van der Waals surface area contributed by atoms with Crippen molar-refractivity contribution in [3.8, 4) is 0 Å². The molecule has 3 heterocycles. The minimum atomic E-state index is -0.331. The molecule has 1 fully saturated rings. The van der Waals surface area contributed by atoms with Crippen molar-refractivity contribution in [2.45, 2.75) is 83.7 Å². The smallest absolute Gasteiger partial charge is 0.105 e. The standard InChI is InChI=1S/C22H31N3O/c1-20(2)11-14(12-21(3,4)25-20)23-18-15-9-7-8-10-17(15)24-19-16(18)13-26-22(19,5)6/h7-10,14,25H,11-13H2,1-6H3,(H,23,24). The molecule has 1 aromatic carbocycles. The molecule has 2 N–H and O–H groups in total. The molecule has 1 saturated heterocycles. The summed E-state index contributed by atoms with van der Waals surface area (Å²) < 4.78 is 6.08. The largest absolute Gasteiger partial charge is 0.381 e. The van der Waals surface area contributed by atoms with Gasteiger partial charge < -0.3 is 15.4 Å². The predicted molar refractivity (Wildman–Crippen MR) is 107 cm³/mol. The second-order valence-electron chi connectivity index (χ2n) is 9.77. The van der Waals surface area contributed by atoms with Crippen LogP contribution in [0.2, 0.25) is 0 Å². The van der Waals surface area contributed by atoms with Crippen LogP contribution in [0.4, 0.5) is 5.69 Å². The Morgan fingerprint density at radius 1 is 1.04 bits per heavy atom. The predicted octanol–water partition coefficient (Wildman–Crippen LogP) is 4.72. The number of hydrogen-bond acceptors (Lipinski definition) is 4. The Balaban J connectivity index is 1.79. The first kappa shape index (κ1) is 17.7. The van der Waals surface area contributed by atoms with Crippen molar-refractivity contribution in [1.29, 1.82) is 0 Å². The van der Waals surface area contributed by atoms with Crippen molar-refractivity contribution >= 4 is 16.6 Å². The average Bonchev–Trinajstić information content (AvgIpc) is 2.79. The SMILES string of the molecule is CC1(C)CC(Nc2c3c(nc4ccccc24)C(C)(C)OC3)CC(C)(C)N1. The number of pyridine rings is 1. The number of nitrogens with one attached hydrogen (secondary N) is 2. The van der Waals surface area contributed by atoms with E-state index in [9.17, 15) is 0 Å². The number of rotatable bonds is 2. The van der Waals surface area contributed by atoms with E-state index in [2.05, 4.69) is 76.4 Å². The van der Waals surface area contributed by atoms with Crippen LogP contribution in [0.1, 0.15) is 65.6 Å². The lowest BCUT2D eigenvalue weighted by atomic mass is 9.79. The lowest BCUT2D eigenvalue weighted by molar-refractivity contribution is -0.00989. The highest BCUT2D eigenvalue weighted by atomic mass is 16.5. The van der Waals surface area contributed by atoms with Gasteiger partial charge in [-0.15, -0.1) is 0 Å². The van der Waals surface area contributed by atoms with Gasteiger partial charge in [0.25, 0.3) is 0 Å². The van der Waals surface area contributed by atoms with Crippen molar-refractivity contribution in [2.24, 2.45) is 0 Å². The summed E-state index contributed by atoms with van der Waals surface area (Å²) >= 11 is 0. The summed E-state index contributed by atoms with van der Waals surface area (Å²) in [5.41, 5.74) is 4.45. The number of para-hydroxylation sites is 1. The lowest BCUT2D eigenvalue weighted by Gasteiger charge is -2.47. The third-order valence-corrected chi connectivity index (χ3v) is 5.68. The normalized spacial score (nSPS) is 23.8. The quantitative estimate of drug-likeness (QED) is 0.820. The minimum Gasteiger partial charge on any atom is -0.381 e. The molecule has 0 amide bonds. The van der Waals surface area contributed by atoms with Gasteiger partial charge in [0.2, 0.25) is 0 Å². The molecule has 2 aromatic rings. The Labute approximate surface area is 156 Å². The van der Waals surface area contributed by atoms with Crippen LogP contribution >= 0.6 is 0 Å². The molecule has 2 aliphatic rings. The molecule has 0 saturated carbocycles. The molecule has 140 valence electrons. The fourth-order valence-corrected chi connectivity index (χ4v) is 5.00. The average molecular weight is 354 g/mol. The van der Waals surface area contributed by atoms with Gasteiger partial charge in [-0.3, -0.25) is 0 Å². The zero-order chi connectivity index (χ0) is 18.7. The molecule has 0 bridgehead atoms. The summed E-state index contributed by atoms with van der Waals surface area (Å²) in [6.07, 6.45) is 2.18. The summed E-state index contributed by atoms with van der Waals surface area (Å²) in [5.74, 6) is 0. The second-order valence-corrected chi connectivity index (χ2v) is 9.77. The molecule has 4 rings (SSSR count). The van der Waals surface area contributed by atoms with Crippen LogP contribution in [0.25, 0.3) is 10.9 Å². The summed E-state index contributed by atoms with van der Waals surface area (Å²) in [6.45, 7) is 14.0. The van der Waals surface area contributed by atoms with Crippen LogP contribution in [0.15, 0.2) is 24.3 Å². The van der Waals surface area contributed by atoms with Gasteiger partial charge in [-0.2, -0.15) is 0 Å². The molecular formula is C22H31N3O. The van der Waals surface area contributed by atoms with Crippen LogP contribution < -0.4 is 10.6 Å². The Hall–Kier alpha value is -1.65. The summed E-state index contributed by atoms with van der Waals surface area (Å²) in [6, 6.07) is 8.85. The first-order valence-corrected chi connectivity index (χ1v) is 9.68. The van der Waals surface area contributed by atoms with Gasteiger partial charge in [0.05, 0.1) is 23.5 Å². The number of aromatic nitrogens is 1. The Bertz CT molecular complexity index is 838. The van der Waals surface area contributed by atoms with Gasteiger partial charge in [-0.25, -0.2) is 4.98 Å². The summed E-state index contributed by atoms with van der Waals surface area (Å²) in [5, 5.41) is 8.88. The highest BCUT2D eigenvalue weighted by Crippen LogP contribution is 2.42. The monoisotopic (exact) mass is 353 g/mol. The minimum absolute atomic E-state index is 0.112. The molecule has 1 aromatic heterocycles. The molecule has 0 spiro atoms. The van der Waals surface area contributed by atoms with Gasteiger partial charge >= 0.3 is 0 Å². The van der Waals surface area contributed by atoms with E-state index >= 15 is 0 Å². The maximum Gasteiger partial charge on any atom is 0.105 e. The number of nitrogens with zero attached hydrogens (tertiary/aromatic N) is 1. The molecule has 2 aliphatic heterocycles. The van der Waals surface area contributed by atoms with Crippen LogP contribution in [-0.4, -0.2) is 22.1 Å². The molecule has 0 atom stereocenters. The lowest BCUT2D eigenvalue weighted by Crippen LogP contribution is -2.60. The van der Waals surface area contributed by atoms with Crippen LogP contribution in [0.5, 0.6) is 0 Å². The van der Waals surface area contributed by atoms with E-state index < -0.39 is 0 Å². The van der Waals surface area contributed by atoms with Crippen molar-refractivity contribution in [3.05, 3.63) is 35.5 Å². The topological polar surface area (TPSA) is 46.2 Å². The molecule has 4 heteroatoms. The zero-order valence-corrected chi connectivity index (χ0v) is 16.9. The third-order valence-electron chi connectivity index (χ3n) is 5.68. The molecule has 4 nitrogen and oxygen atoms in total. The number of fused-ring (bicyclic) bond motifs is 2. The Morgan fingerprint density at radius 2 is 1.69 bits per heavy atom. The first-order valence-electron chi connectivity index (χ1n) is 9.68. The Morgan fingerprint density at radius 3 is 2.38 bits per heavy atom. The number of hydrogen-bond donors (Lipinski definition) is 2. The van der Waals surface area contributed by atoms with Gasteiger partial charge in [0.1, 0.15) is 5.60 Å². The number of ether oxygens (including phenoxy) is 1. The number of piperidine rings is 1. The van der Waals surface area contributed by atoms with Crippen LogP contribution in [-0.2, 0) is 16.9 Å². The summed E-state index contributed by atoms with van der Waals surface area (Å²) in [4.78, 5) is 4.94. The highest BCUT2D eigenvalue weighted by molar-refractivity contribution is 5.94. The van der Waals surface area contributed by atoms with E-state index in [1.807, 2.05) is 0 Å². The molecule has 0 unspecified atom stereocenters. The van der Waals surface area contributed by atoms with Crippen molar-refractivity contribution in [2.75, 3.05) is 5.32 Å². The van der Waals surface area contributed by atoms with Crippen LogP contribution in [0, 0.1) is 0 Å². The number of benzene rings is 1. The molecular weight excluding hydrogens is 322 g/mol. The van der Waals surface area contributed by atoms with E-state index in [1.165, 1.54) is 16.6 Å². The van der Waals surface area contributed by atoms with E-state index in [0.29, 0.717) is 12.6 Å². The van der Waals surface area contributed by atoms with Crippen molar-refractivity contribution in [3.63, 3.8) is 0 Å². The van der Waals surface area contributed by atoms with E-state index in [-0.39, 0.29) is 16.7 Å². The second kappa shape index (κ2) is 5.67. The fourth-order valence-electron chi connectivity index (χ4n) is 5.00. The van der Waals surface area contributed by atoms with E-state index in [0.717, 1.165) is 24.1 Å². The first-order chi connectivity index (χ1) is 12.1. The van der Waals surface area contributed by atoms with E-state index in [4.69, 9.17) is 9.72 Å². The Kier molecular flexibility index (Phi) is 3.87. The third kappa shape index (κ3) is 3.10. The van der Waals surface area contributed by atoms with Crippen molar-refractivity contribution in [1.82, 2.24) is 10.3 Å². The zero-order valence-electron chi connectivity index (χ0n) is 16.9. The van der Waals surface area contributed by atoms with E-state index in [1.54, 1.807) is 0 Å². The highest BCUT2D eigenvalue weighted by Gasteiger charge is 2.39. The molecule has 0 radical (unpaired) electrons. The van der Waals surface area contributed by atoms with Crippen LogP contribution in [0.3, 0.4) is 0 Å². The fraction of sp³-hybridized carbons (Fsp3) is 0.591. The molecule has 0 aliphatic carbocycles. The van der Waals surface area contributed by atoms with Crippen molar-refractivity contribution < 1.29 is 4.74 Å². The van der Waals surface area contributed by atoms with Gasteiger partial charge in [-0.05, 0) is 60.5 Å². The van der Waals surface area contributed by atoms with Gasteiger partial charge in [0, 0.05) is 28.1 Å². The van der Waals surface area contributed by atoms with Gasteiger partial charge in [-0.1, -0.05) is 18.2 Å².